The second kappa shape index (κ2) is 6.66. The molecule has 2 rings (SSSR count). The minimum Gasteiger partial charge on any atom is -0.303 e. The van der Waals surface area contributed by atoms with Crippen molar-refractivity contribution in [1.29, 1.82) is 0 Å². The number of carbonyl (C=O) groups excluding carboxylic acids is 1. The fourth-order valence-electron chi connectivity index (χ4n) is 2.02. The van der Waals surface area contributed by atoms with Gasteiger partial charge >= 0.3 is 0 Å². The van der Waals surface area contributed by atoms with Crippen molar-refractivity contribution in [3.63, 3.8) is 0 Å². The van der Waals surface area contributed by atoms with Crippen molar-refractivity contribution in [2.75, 3.05) is 14.1 Å². The zero-order valence-electron chi connectivity index (χ0n) is 11.6. The van der Waals surface area contributed by atoms with Gasteiger partial charge < -0.3 is 5.01 Å². The lowest BCUT2D eigenvalue weighted by Crippen LogP contribution is -2.01. The molecule has 0 radical (unpaired) electrons. The van der Waals surface area contributed by atoms with E-state index in [1.807, 2.05) is 50.5 Å². The molecule has 4 heteroatoms. The van der Waals surface area contributed by atoms with Crippen LogP contribution in [0.15, 0.2) is 51.1 Å². The first kappa shape index (κ1) is 14.7. The molecule has 0 heterocycles. The molecule has 1 saturated carbocycles. The van der Waals surface area contributed by atoms with Gasteiger partial charge in [-0.15, -0.1) is 0 Å². The molecule has 0 aromatic heterocycles. The van der Waals surface area contributed by atoms with Crippen LogP contribution in [-0.2, 0) is 4.79 Å². The molecule has 0 spiro atoms. The van der Waals surface area contributed by atoms with Crippen molar-refractivity contribution >= 4 is 34.0 Å². The van der Waals surface area contributed by atoms with Crippen LogP contribution < -0.4 is 0 Å². The summed E-state index contributed by atoms with van der Waals surface area (Å²) in [5, 5.41) is 5.80. The summed E-state index contributed by atoms with van der Waals surface area (Å²) in [6.45, 7) is 0. The number of rotatable bonds is 3. The Morgan fingerprint density at radius 3 is 2.45 bits per heavy atom. The molecular formula is C16H17BrN2O. The Hall–Kier alpha value is -1.68. The Morgan fingerprint density at radius 2 is 1.80 bits per heavy atom. The van der Waals surface area contributed by atoms with Crippen molar-refractivity contribution in [3.05, 3.63) is 51.5 Å². The molecule has 0 amide bonds. The van der Waals surface area contributed by atoms with E-state index in [4.69, 9.17) is 0 Å². The molecule has 0 bridgehead atoms. The number of Topliss-reactive ketones (excluding diaryl/α,β-unsaturated/α-hetero) is 1. The molecule has 1 aromatic rings. The monoisotopic (exact) mass is 332 g/mol. The Labute approximate surface area is 127 Å². The number of benzene rings is 1. The molecule has 1 fully saturated rings. The molecule has 1 aliphatic carbocycles. The Balaban J connectivity index is 2.13. The minimum absolute atomic E-state index is 0.137. The van der Waals surface area contributed by atoms with E-state index >= 15 is 0 Å². The molecular weight excluding hydrogens is 316 g/mol. The van der Waals surface area contributed by atoms with Gasteiger partial charge in [-0.1, -0.05) is 28.1 Å². The van der Waals surface area contributed by atoms with Crippen molar-refractivity contribution in [2.24, 2.45) is 5.10 Å². The van der Waals surface area contributed by atoms with Crippen molar-refractivity contribution < 1.29 is 4.79 Å². The van der Waals surface area contributed by atoms with Crippen LogP contribution in [-0.4, -0.2) is 31.1 Å². The van der Waals surface area contributed by atoms with Crippen LogP contribution in [0, 0.1) is 0 Å². The summed E-state index contributed by atoms with van der Waals surface area (Å²) in [7, 11) is 3.70. The molecule has 0 atom stereocenters. The fraction of sp³-hybridized carbons (Fsp3) is 0.250. The summed E-state index contributed by atoms with van der Waals surface area (Å²) < 4.78 is 1.04. The second-order valence-electron chi connectivity index (χ2n) is 4.85. The first-order valence-corrected chi connectivity index (χ1v) is 7.27. The van der Waals surface area contributed by atoms with Gasteiger partial charge in [0, 0.05) is 35.9 Å². The lowest BCUT2D eigenvalue weighted by atomic mass is 10.1. The number of ketones is 1. The minimum atomic E-state index is 0.137. The predicted molar refractivity (Wildman–Crippen MR) is 86.6 cm³/mol. The van der Waals surface area contributed by atoms with Gasteiger partial charge in [0.25, 0.3) is 0 Å². The molecule has 1 aromatic carbocycles. The maximum Gasteiger partial charge on any atom is 0.185 e. The number of hydrogen-bond acceptors (Lipinski definition) is 3. The standard InChI is InChI=1S/C16H17BrN2O/c1-19(2)18-10-9-13-5-6-14(16(13)20)11-12-3-7-15(17)8-4-12/h3-4,7-11H,5-6H2,1-2H3/b13-9+,14-11+,18-10?. The molecule has 1 aliphatic rings. The SMILES string of the molecule is CN(C)N=C/C=C1\CC/C(=C\c2ccc(Br)cc2)C1=O. The zero-order valence-corrected chi connectivity index (χ0v) is 13.2. The van der Waals surface area contributed by atoms with Gasteiger partial charge in [0.15, 0.2) is 5.78 Å². The average Bonchev–Trinajstić information content (AvgIpc) is 2.74. The highest BCUT2D eigenvalue weighted by Crippen LogP contribution is 2.27. The van der Waals surface area contributed by atoms with Gasteiger partial charge in [0.2, 0.25) is 0 Å². The van der Waals surface area contributed by atoms with Crippen LogP contribution >= 0.6 is 15.9 Å². The summed E-state index contributed by atoms with van der Waals surface area (Å²) in [5.74, 6) is 0.137. The van der Waals surface area contributed by atoms with Crippen LogP contribution in [0.2, 0.25) is 0 Å². The topological polar surface area (TPSA) is 32.7 Å². The van der Waals surface area contributed by atoms with E-state index in [2.05, 4.69) is 21.0 Å². The quantitative estimate of drug-likeness (QED) is 0.480. The molecule has 3 nitrogen and oxygen atoms in total. The zero-order chi connectivity index (χ0) is 14.5. The number of nitrogens with zero attached hydrogens (tertiary/aromatic N) is 2. The Kier molecular flexibility index (Phi) is 4.90. The van der Waals surface area contributed by atoms with E-state index in [-0.39, 0.29) is 5.78 Å². The van der Waals surface area contributed by atoms with Crippen LogP contribution in [0.25, 0.3) is 6.08 Å². The highest BCUT2D eigenvalue weighted by molar-refractivity contribution is 9.10. The van der Waals surface area contributed by atoms with Gasteiger partial charge in [-0.05, 0) is 42.7 Å². The normalized spacial score (nSPS) is 19.4. The molecule has 104 valence electrons. The van der Waals surface area contributed by atoms with E-state index < -0.39 is 0 Å². The predicted octanol–water partition coefficient (Wildman–Crippen LogP) is 3.67. The van der Waals surface area contributed by atoms with Gasteiger partial charge in [0.05, 0.1) is 0 Å². The highest BCUT2D eigenvalue weighted by Gasteiger charge is 2.22. The lowest BCUT2D eigenvalue weighted by molar-refractivity contribution is -0.111. The summed E-state index contributed by atoms with van der Waals surface area (Å²) in [6, 6.07) is 7.96. The first-order valence-electron chi connectivity index (χ1n) is 6.47. The highest BCUT2D eigenvalue weighted by atomic mass is 79.9. The molecule has 0 saturated heterocycles. The number of carbonyl (C=O) groups is 1. The van der Waals surface area contributed by atoms with Crippen molar-refractivity contribution in [1.82, 2.24) is 5.01 Å². The van der Waals surface area contributed by atoms with Crippen LogP contribution in [0.4, 0.5) is 0 Å². The Bertz CT molecular complexity index is 583. The lowest BCUT2D eigenvalue weighted by Gasteiger charge is -2.00. The van der Waals surface area contributed by atoms with Crippen molar-refractivity contribution in [2.45, 2.75) is 12.8 Å². The number of halogens is 1. The van der Waals surface area contributed by atoms with E-state index in [1.165, 1.54) is 0 Å². The summed E-state index contributed by atoms with van der Waals surface area (Å²) in [4.78, 5) is 12.2. The summed E-state index contributed by atoms with van der Waals surface area (Å²) >= 11 is 3.40. The maximum absolute atomic E-state index is 12.2. The van der Waals surface area contributed by atoms with Crippen molar-refractivity contribution in [3.8, 4) is 0 Å². The first-order chi connectivity index (χ1) is 9.56. The van der Waals surface area contributed by atoms with Gasteiger partial charge in [0.1, 0.15) is 0 Å². The van der Waals surface area contributed by atoms with Crippen LogP contribution in [0.1, 0.15) is 18.4 Å². The average molecular weight is 333 g/mol. The van der Waals surface area contributed by atoms with E-state index in [0.717, 1.165) is 34.0 Å². The van der Waals surface area contributed by atoms with Gasteiger partial charge in [-0.25, -0.2) is 0 Å². The second-order valence-corrected chi connectivity index (χ2v) is 5.77. The largest absolute Gasteiger partial charge is 0.303 e. The Morgan fingerprint density at radius 1 is 1.15 bits per heavy atom. The smallest absolute Gasteiger partial charge is 0.185 e. The molecule has 0 N–H and O–H groups in total. The summed E-state index contributed by atoms with van der Waals surface area (Å²) in [5.41, 5.74) is 2.76. The third kappa shape index (κ3) is 3.90. The van der Waals surface area contributed by atoms with Gasteiger partial charge in [-0.2, -0.15) is 5.10 Å². The fourth-order valence-corrected chi connectivity index (χ4v) is 2.28. The van der Waals surface area contributed by atoms with Crippen LogP contribution in [0.3, 0.4) is 0 Å². The van der Waals surface area contributed by atoms with Gasteiger partial charge in [-0.3, -0.25) is 4.79 Å². The molecule has 0 unspecified atom stereocenters. The third-order valence-electron chi connectivity index (χ3n) is 3.03. The number of hydrazone groups is 1. The van der Waals surface area contributed by atoms with E-state index in [1.54, 1.807) is 11.2 Å². The molecule has 20 heavy (non-hydrogen) atoms. The number of hydrogen-bond donors (Lipinski definition) is 0. The summed E-state index contributed by atoms with van der Waals surface area (Å²) in [6.07, 6.45) is 7.05. The molecule has 0 aliphatic heterocycles. The maximum atomic E-state index is 12.2. The van der Waals surface area contributed by atoms with E-state index in [0.29, 0.717) is 0 Å². The van der Waals surface area contributed by atoms with Crippen LogP contribution in [0.5, 0.6) is 0 Å². The third-order valence-corrected chi connectivity index (χ3v) is 3.56. The van der Waals surface area contributed by atoms with E-state index in [9.17, 15) is 4.79 Å². The number of allylic oxidation sites excluding steroid dienone is 3.